The standard InChI is InChI=1S/C7H6F6N2/c8-6(9,10)4-3-5(7(11,12)13)15-2-1-14-4/h3,14H,1-2H2. The van der Waals surface area contributed by atoms with Gasteiger partial charge in [-0.15, -0.1) is 0 Å². The van der Waals surface area contributed by atoms with Gasteiger partial charge >= 0.3 is 12.4 Å². The van der Waals surface area contributed by atoms with Gasteiger partial charge in [-0.05, 0) is 6.08 Å². The Balaban J connectivity index is 3.02. The first-order valence-electron chi connectivity index (χ1n) is 3.85. The second-order valence-corrected chi connectivity index (χ2v) is 2.75. The van der Waals surface area contributed by atoms with Crippen molar-refractivity contribution in [2.24, 2.45) is 4.99 Å². The van der Waals surface area contributed by atoms with Gasteiger partial charge in [0.05, 0.1) is 6.54 Å². The maximum Gasteiger partial charge on any atom is 0.432 e. The molecule has 15 heavy (non-hydrogen) atoms. The zero-order valence-corrected chi connectivity index (χ0v) is 7.21. The highest BCUT2D eigenvalue weighted by molar-refractivity contribution is 6.00. The molecule has 1 N–H and O–H groups in total. The summed E-state index contributed by atoms with van der Waals surface area (Å²) in [5, 5.41) is 1.85. The van der Waals surface area contributed by atoms with Gasteiger partial charge < -0.3 is 5.32 Å². The van der Waals surface area contributed by atoms with Crippen LogP contribution in [0.1, 0.15) is 0 Å². The Labute approximate surface area is 80.7 Å². The molecule has 0 amide bonds. The Morgan fingerprint density at radius 2 is 1.67 bits per heavy atom. The lowest BCUT2D eigenvalue weighted by molar-refractivity contribution is -0.0966. The number of nitrogens with zero attached hydrogens (tertiary/aromatic N) is 1. The molecule has 1 aliphatic rings. The lowest BCUT2D eigenvalue weighted by Crippen LogP contribution is -2.28. The molecule has 1 heterocycles. The molecule has 0 aliphatic carbocycles. The fourth-order valence-electron chi connectivity index (χ4n) is 0.954. The van der Waals surface area contributed by atoms with Crippen molar-refractivity contribution in [2.45, 2.75) is 12.4 Å². The molecule has 1 rings (SSSR count). The average molecular weight is 232 g/mol. The minimum absolute atomic E-state index is 0.0208. The maximum absolute atomic E-state index is 12.1. The molecule has 0 aromatic heterocycles. The van der Waals surface area contributed by atoms with Crippen molar-refractivity contribution in [3.8, 4) is 0 Å². The predicted molar refractivity (Wildman–Crippen MR) is 40.5 cm³/mol. The Bertz CT molecular complexity index is 298. The molecule has 8 heteroatoms. The summed E-state index contributed by atoms with van der Waals surface area (Å²) in [5.74, 6) is 0. The van der Waals surface area contributed by atoms with Gasteiger partial charge in [0.25, 0.3) is 0 Å². The first-order chi connectivity index (χ1) is 6.71. The van der Waals surface area contributed by atoms with Crippen molar-refractivity contribution in [3.63, 3.8) is 0 Å². The Morgan fingerprint density at radius 3 is 2.13 bits per heavy atom. The molecular formula is C7H6F6N2. The van der Waals surface area contributed by atoms with E-state index in [0.717, 1.165) is 0 Å². The number of nitrogens with one attached hydrogen (secondary N) is 1. The third kappa shape index (κ3) is 3.14. The zero-order chi connectivity index (χ0) is 11.7. The van der Waals surface area contributed by atoms with Gasteiger partial charge in [-0.1, -0.05) is 0 Å². The molecule has 0 radical (unpaired) electrons. The van der Waals surface area contributed by atoms with E-state index in [4.69, 9.17) is 0 Å². The van der Waals surface area contributed by atoms with Gasteiger partial charge in [0, 0.05) is 6.54 Å². The maximum atomic E-state index is 12.1. The van der Waals surface area contributed by atoms with E-state index in [9.17, 15) is 26.3 Å². The molecule has 0 fully saturated rings. The summed E-state index contributed by atoms with van der Waals surface area (Å²) in [7, 11) is 0. The number of halogens is 6. The second kappa shape index (κ2) is 3.74. The van der Waals surface area contributed by atoms with Crippen LogP contribution in [-0.2, 0) is 0 Å². The van der Waals surface area contributed by atoms with Crippen LogP contribution in [0.4, 0.5) is 26.3 Å². The van der Waals surface area contributed by atoms with E-state index in [1.807, 2.05) is 5.32 Å². The Hall–Kier alpha value is -1.21. The van der Waals surface area contributed by atoms with Crippen molar-refractivity contribution in [2.75, 3.05) is 13.1 Å². The van der Waals surface area contributed by atoms with Crippen LogP contribution in [0.15, 0.2) is 16.8 Å². The van der Waals surface area contributed by atoms with E-state index in [-0.39, 0.29) is 19.2 Å². The molecule has 0 spiro atoms. The zero-order valence-electron chi connectivity index (χ0n) is 7.21. The molecule has 2 nitrogen and oxygen atoms in total. The fourth-order valence-corrected chi connectivity index (χ4v) is 0.954. The van der Waals surface area contributed by atoms with Crippen LogP contribution >= 0.6 is 0 Å². The predicted octanol–water partition coefficient (Wildman–Crippen LogP) is 2.04. The topological polar surface area (TPSA) is 24.4 Å². The number of aliphatic imine (C=N–C) groups is 1. The lowest BCUT2D eigenvalue weighted by Gasteiger charge is -2.12. The van der Waals surface area contributed by atoms with Crippen LogP contribution in [0.5, 0.6) is 0 Å². The lowest BCUT2D eigenvalue weighted by atomic mass is 10.3. The number of hydrogen-bond acceptors (Lipinski definition) is 2. The first kappa shape index (κ1) is 11.9. The summed E-state index contributed by atoms with van der Waals surface area (Å²) in [6.45, 7) is -0.615. The van der Waals surface area contributed by atoms with Crippen LogP contribution in [0, 0.1) is 0 Å². The fraction of sp³-hybridized carbons (Fsp3) is 0.571. The van der Waals surface area contributed by atoms with Crippen LogP contribution in [0.25, 0.3) is 0 Å². The first-order valence-corrected chi connectivity index (χ1v) is 3.85. The Morgan fingerprint density at radius 1 is 1.07 bits per heavy atom. The van der Waals surface area contributed by atoms with E-state index < -0.39 is 23.8 Å². The molecule has 0 aromatic carbocycles. The smallest absolute Gasteiger partial charge is 0.379 e. The molecule has 1 aliphatic heterocycles. The van der Waals surface area contributed by atoms with Crippen molar-refractivity contribution >= 4 is 5.71 Å². The van der Waals surface area contributed by atoms with E-state index in [1.165, 1.54) is 0 Å². The summed E-state index contributed by atoms with van der Waals surface area (Å²) in [5.41, 5.74) is -2.93. The van der Waals surface area contributed by atoms with E-state index in [0.29, 0.717) is 0 Å². The summed E-state index contributed by atoms with van der Waals surface area (Å²) in [6, 6.07) is 0. The summed E-state index contributed by atoms with van der Waals surface area (Å²) < 4.78 is 72.7. The molecule has 0 bridgehead atoms. The van der Waals surface area contributed by atoms with Gasteiger partial charge in [0.2, 0.25) is 0 Å². The largest absolute Gasteiger partial charge is 0.432 e. The van der Waals surface area contributed by atoms with E-state index in [1.54, 1.807) is 0 Å². The average Bonchev–Trinajstić information content (AvgIpc) is 2.24. The van der Waals surface area contributed by atoms with Crippen LogP contribution in [0.3, 0.4) is 0 Å². The second-order valence-electron chi connectivity index (χ2n) is 2.75. The molecule has 0 unspecified atom stereocenters. The third-order valence-electron chi connectivity index (χ3n) is 1.59. The van der Waals surface area contributed by atoms with Crippen LogP contribution in [-0.4, -0.2) is 31.2 Å². The molecule has 0 aromatic rings. The molecule has 0 atom stereocenters. The van der Waals surface area contributed by atoms with Crippen molar-refractivity contribution in [1.29, 1.82) is 0 Å². The summed E-state index contributed by atoms with van der Waals surface area (Å²) in [6.07, 6.45) is -9.70. The highest BCUT2D eigenvalue weighted by Gasteiger charge is 2.40. The van der Waals surface area contributed by atoms with Crippen LogP contribution < -0.4 is 5.32 Å². The highest BCUT2D eigenvalue weighted by atomic mass is 19.4. The van der Waals surface area contributed by atoms with Crippen molar-refractivity contribution in [1.82, 2.24) is 5.32 Å². The van der Waals surface area contributed by atoms with Gasteiger partial charge in [-0.2, -0.15) is 26.3 Å². The minimum atomic E-state index is -4.86. The van der Waals surface area contributed by atoms with Crippen LogP contribution in [0.2, 0.25) is 0 Å². The molecule has 0 saturated carbocycles. The van der Waals surface area contributed by atoms with Gasteiger partial charge in [-0.25, -0.2) is 0 Å². The van der Waals surface area contributed by atoms with Gasteiger partial charge in [-0.3, -0.25) is 4.99 Å². The van der Waals surface area contributed by atoms with E-state index >= 15 is 0 Å². The molecular weight excluding hydrogens is 226 g/mol. The number of rotatable bonds is 0. The van der Waals surface area contributed by atoms with Crippen molar-refractivity contribution in [3.05, 3.63) is 11.8 Å². The highest BCUT2D eigenvalue weighted by Crippen LogP contribution is 2.27. The van der Waals surface area contributed by atoms with Gasteiger partial charge in [0.1, 0.15) is 11.4 Å². The number of allylic oxidation sites excluding steroid dienone is 2. The van der Waals surface area contributed by atoms with Crippen molar-refractivity contribution < 1.29 is 26.3 Å². The number of hydrogen-bond donors (Lipinski definition) is 1. The summed E-state index contributed by atoms with van der Waals surface area (Å²) >= 11 is 0. The molecule has 86 valence electrons. The van der Waals surface area contributed by atoms with Gasteiger partial charge in [0.15, 0.2) is 0 Å². The quantitative estimate of drug-likeness (QED) is 0.635. The molecule has 0 saturated heterocycles. The minimum Gasteiger partial charge on any atom is -0.379 e. The number of alkyl halides is 6. The SMILES string of the molecule is FC(F)(F)C1=CC(C(F)(F)F)=NCCN1. The van der Waals surface area contributed by atoms with E-state index in [2.05, 4.69) is 4.99 Å². The third-order valence-corrected chi connectivity index (χ3v) is 1.59. The Kier molecular flexibility index (Phi) is 2.96. The summed E-state index contributed by atoms with van der Waals surface area (Å²) in [4.78, 5) is 3.01. The monoisotopic (exact) mass is 232 g/mol. The normalized spacial score (nSPS) is 18.8.